The van der Waals surface area contributed by atoms with Gasteiger partial charge in [-0.05, 0) is 25.5 Å². The van der Waals surface area contributed by atoms with Crippen LogP contribution in [0, 0.1) is 5.82 Å². The minimum Gasteiger partial charge on any atom is -0.313 e. The lowest BCUT2D eigenvalue weighted by Crippen LogP contribution is -2.27. The van der Waals surface area contributed by atoms with Crippen molar-refractivity contribution in [3.63, 3.8) is 0 Å². The Balaban J connectivity index is 2.19. The van der Waals surface area contributed by atoms with Crippen LogP contribution in [-0.4, -0.2) is 18.3 Å². The average Bonchev–Trinajstić information content (AvgIpc) is 2.27. The smallest absolute Gasteiger partial charge is 0.136 e. The summed E-state index contributed by atoms with van der Waals surface area (Å²) < 4.78 is 13.3. The molecule has 0 spiro atoms. The van der Waals surface area contributed by atoms with Gasteiger partial charge < -0.3 is 5.32 Å². The van der Waals surface area contributed by atoms with Gasteiger partial charge in [0.25, 0.3) is 0 Å². The van der Waals surface area contributed by atoms with Crippen molar-refractivity contribution in [3.05, 3.63) is 30.1 Å². The highest BCUT2D eigenvalue weighted by molar-refractivity contribution is 7.99. The Bertz CT molecular complexity index is 304. The van der Waals surface area contributed by atoms with E-state index in [1.54, 1.807) is 17.8 Å². The van der Waals surface area contributed by atoms with Crippen molar-refractivity contribution in [1.29, 1.82) is 0 Å². The summed E-state index contributed by atoms with van der Waals surface area (Å²) in [5.74, 6) is 0.795. The molecule has 1 nitrogen and oxygen atoms in total. The molecule has 0 bridgehead atoms. The van der Waals surface area contributed by atoms with Gasteiger partial charge in [0.05, 0.1) is 0 Å². The zero-order valence-electron chi connectivity index (χ0n) is 10.0. The van der Waals surface area contributed by atoms with Gasteiger partial charge in [0.1, 0.15) is 5.82 Å². The molecule has 1 N–H and O–H groups in total. The van der Waals surface area contributed by atoms with Crippen molar-refractivity contribution >= 4 is 11.8 Å². The van der Waals surface area contributed by atoms with Crippen LogP contribution < -0.4 is 5.32 Å². The zero-order valence-corrected chi connectivity index (χ0v) is 10.8. The van der Waals surface area contributed by atoms with Crippen LogP contribution in [0.4, 0.5) is 4.39 Å². The molecule has 1 rings (SSSR count). The average molecular weight is 241 g/mol. The molecular formula is C13H20FNS. The lowest BCUT2D eigenvalue weighted by molar-refractivity contribution is 0.526. The predicted octanol–water partition coefficient (Wildman–Crippen LogP) is 3.70. The third-order valence-corrected chi connectivity index (χ3v) is 3.46. The molecule has 3 heteroatoms. The molecule has 1 unspecified atom stereocenters. The third-order valence-electron chi connectivity index (χ3n) is 2.41. The van der Waals surface area contributed by atoms with Crippen LogP contribution in [0.2, 0.25) is 0 Å². The predicted molar refractivity (Wildman–Crippen MR) is 69.5 cm³/mol. The fourth-order valence-electron chi connectivity index (χ4n) is 1.56. The van der Waals surface area contributed by atoms with Gasteiger partial charge >= 0.3 is 0 Å². The quantitative estimate of drug-likeness (QED) is 0.577. The summed E-state index contributed by atoms with van der Waals surface area (Å²) >= 11 is 1.57. The summed E-state index contributed by atoms with van der Waals surface area (Å²) in [6, 6.07) is 7.50. The van der Waals surface area contributed by atoms with Crippen molar-refractivity contribution < 1.29 is 4.39 Å². The molecule has 1 aromatic rings. The van der Waals surface area contributed by atoms with Gasteiger partial charge in [0.15, 0.2) is 0 Å². The number of halogens is 1. The Hall–Kier alpha value is -0.540. The Morgan fingerprint density at radius 1 is 1.38 bits per heavy atom. The maximum Gasteiger partial charge on any atom is 0.136 e. The van der Waals surface area contributed by atoms with Crippen LogP contribution in [-0.2, 0) is 0 Å². The lowest BCUT2D eigenvalue weighted by Gasteiger charge is -2.12. The van der Waals surface area contributed by atoms with Gasteiger partial charge in [0, 0.05) is 23.2 Å². The summed E-state index contributed by atoms with van der Waals surface area (Å²) in [7, 11) is 0. The molecule has 16 heavy (non-hydrogen) atoms. The first-order valence-corrected chi connectivity index (χ1v) is 6.83. The van der Waals surface area contributed by atoms with Crippen molar-refractivity contribution in [3.8, 4) is 0 Å². The fourth-order valence-corrected chi connectivity index (χ4v) is 2.38. The minimum absolute atomic E-state index is 0.117. The van der Waals surface area contributed by atoms with Crippen LogP contribution in [0.5, 0.6) is 0 Å². The second-order valence-corrected chi connectivity index (χ2v) is 5.06. The molecule has 0 amide bonds. The molecule has 1 aromatic carbocycles. The molecule has 90 valence electrons. The number of nitrogens with one attached hydrogen (secondary N) is 1. The largest absolute Gasteiger partial charge is 0.313 e. The maximum atomic E-state index is 13.3. The van der Waals surface area contributed by atoms with E-state index < -0.39 is 0 Å². The zero-order chi connectivity index (χ0) is 11.8. The van der Waals surface area contributed by atoms with Crippen LogP contribution >= 0.6 is 11.8 Å². The lowest BCUT2D eigenvalue weighted by atomic mass is 10.2. The minimum atomic E-state index is -0.117. The van der Waals surface area contributed by atoms with E-state index >= 15 is 0 Å². The van der Waals surface area contributed by atoms with E-state index in [1.807, 2.05) is 12.1 Å². The van der Waals surface area contributed by atoms with E-state index in [0.29, 0.717) is 6.04 Å². The monoisotopic (exact) mass is 241 g/mol. The van der Waals surface area contributed by atoms with E-state index in [0.717, 1.165) is 17.2 Å². The first kappa shape index (κ1) is 13.5. The Morgan fingerprint density at radius 3 is 2.81 bits per heavy atom. The van der Waals surface area contributed by atoms with Crippen LogP contribution in [0.15, 0.2) is 29.2 Å². The summed E-state index contributed by atoms with van der Waals surface area (Å²) in [5.41, 5.74) is 0. The second-order valence-electron chi connectivity index (χ2n) is 3.92. The molecule has 0 aliphatic carbocycles. The van der Waals surface area contributed by atoms with Gasteiger partial charge in [-0.2, -0.15) is 0 Å². The molecule has 0 fully saturated rings. The van der Waals surface area contributed by atoms with E-state index in [4.69, 9.17) is 0 Å². The highest BCUT2D eigenvalue weighted by Gasteiger charge is 2.02. The van der Waals surface area contributed by atoms with Crippen molar-refractivity contribution in [2.75, 3.05) is 12.3 Å². The van der Waals surface area contributed by atoms with Gasteiger partial charge in [-0.1, -0.05) is 25.5 Å². The molecule has 0 aromatic heterocycles. The summed E-state index contributed by atoms with van der Waals surface area (Å²) in [6.45, 7) is 5.31. The molecule has 0 aliphatic heterocycles. The molecule has 0 heterocycles. The molecule has 1 atom stereocenters. The Labute approximate surface area is 102 Å². The van der Waals surface area contributed by atoms with Gasteiger partial charge in [-0.25, -0.2) is 4.39 Å². The topological polar surface area (TPSA) is 12.0 Å². The molecule has 0 radical (unpaired) electrons. The first-order valence-electron chi connectivity index (χ1n) is 5.84. The number of benzene rings is 1. The fraction of sp³-hybridized carbons (Fsp3) is 0.538. The van der Waals surface area contributed by atoms with Crippen molar-refractivity contribution in [2.24, 2.45) is 0 Å². The maximum absolute atomic E-state index is 13.3. The molecule has 0 saturated carbocycles. The number of hydrogen-bond donors (Lipinski definition) is 1. The molecule has 0 aliphatic rings. The van der Waals surface area contributed by atoms with Gasteiger partial charge in [-0.3, -0.25) is 0 Å². The second kappa shape index (κ2) is 7.69. The van der Waals surface area contributed by atoms with Gasteiger partial charge in [-0.15, -0.1) is 11.8 Å². The number of thioether (sulfide) groups is 1. The Morgan fingerprint density at radius 2 is 2.12 bits per heavy atom. The van der Waals surface area contributed by atoms with Crippen molar-refractivity contribution in [2.45, 2.75) is 37.6 Å². The third kappa shape index (κ3) is 4.99. The van der Waals surface area contributed by atoms with Crippen molar-refractivity contribution in [1.82, 2.24) is 5.32 Å². The van der Waals surface area contributed by atoms with Crippen LogP contribution in [0.25, 0.3) is 0 Å². The molecular weight excluding hydrogens is 221 g/mol. The summed E-state index contributed by atoms with van der Waals surface area (Å²) in [5, 5.41) is 3.43. The first-order chi connectivity index (χ1) is 7.74. The number of rotatable bonds is 7. The SMILES string of the molecule is CCCC(C)NCCSc1ccccc1F. The van der Waals surface area contributed by atoms with E-state index in [2.05, 4.69) is 19.2 Å². The summed E-state index contributed by atoms with van der Waals surface area (Å²) in [6.07, 6.45) is 2.40. The van der Waals surface area contributed by atoms with Crippen LogP contribution in [0.3, 0.4) is 0 Å². The van der Waals surface area contributed by atoms with E-state index in [9.17, 15) is 4.39 Å². The highest BCUT2D eigenvalue weighted by Crippen LogP contribution is 2.20. The van der Waals surface area contributed by atoms with E-state index in [-0.39, 0.29) is 5.82 Å². The normalized spacial score (nSPS) is 12.7. The standard InChI is InChI=1S/C13H20FNS/c1-3-6-11(2)15-9-10-16-13-8-5-4-7-12(13)14/h4-5,7-8,11,15H,3,6,9-10H2,1-2H3. The number of hydrogen-bond acceptors (Lipinski definition) is 2. The molecule has 0 saturated heterocycles. The van der Waals surface area contributed by atoms with Crippen LogP contribution in [0.1, 0.15) is 26.7 Å². The highest BCUT2D eigenvalue weighted by atomic mass is 32.2. The van der Waals surface area contributed by atoms with Gasteiger partial charge in [0.2, 0.25) is 0 Å². The summed E-state index contributed by atoms with van der Waals surface area (Å²) in [4.78, 5) is 0.743. The van der Waals surface area contributed by atoms with E-state index in [1.165, 1.54) is 18.9 Å². The Kier molecular flexibility index (Phi) is 6.50.